The quantitative estimate of drug-likeness (QED) is 0.817. The molecule has 1 heterocycles. The van der Waals surface area contributed by atoms with Gasteiger partial charge in [0.05, 0.1) is 9.13 Å². The molecular weight excluding hydrogens is 375 g/mol. The van der Waals surface area contributed by atoms with Crippen molar-refractivity contribution < 1.29 is 14.6 Å². The maximum absolute atomic E-state index is 12.0. The molecule has 20 heavy (non-hydrogen) atoms. The van der Waals surface area contributed by atoms with Gasteiger partial charge in [-0.05, 0) is 47.7 Å². The first-order valence-electron chi connectivity index (χ1n) is 5.79. The molecule has 1 aromatic heterocycles. The SMILES string of the molecule is CCn1ccnc(Oc2cc(C(=O)O)ccc2I)c1=O. The van der Waals surface area contributed by atoms with E-state index in [0.717, 1.165) is 0 Å². The molecule has 0 unspecified atom stereocenters. The number of rotatable bonds is 4. The van der Waals surface area contributed by atoms with E-state index in [-0.39, 0.29) is 17.0 Å². The van der Waals surface area contributed by atoms with E-state index in [2.05, 4.69) is 4.98 Å². The molecule has 0 saturated carbocycles. The summed E-state index contributed by atoms with van der Waals surface area (Å²) in [7, 11) is 0. The van der Waals surface area contributed by atoms with Crippen LogP contribution >= 0.6 is 22.6 Å². The van der Waals surface area contributed by atoms with Crippen LogP contribution in [0.5, 0.6) is 11.6 Å². The summed E-state index contributed by atoms with van der Waals surface area (Å²) in [5.74, 6) is -0.836. The third-order valence-corrected chi connectivity index (χ3v) is 3.50. The Morgan fingerprint density at radius 2 is 2.25 bits per heavy atom. The molecule has 0 amide bonds. The fourth-order valence-corrected chi connectivity index (χ4v) is 2.01. The Balaban J connectivity index is 2.42. The first-order chi connectivity index (χ1) is 9.52. The van der Waals surface area contributed by atoms with E-state index in [1.165, 1.54) is 22.9 Å². The second-order valence-electron chi connectivity index (χ2n) is 3.88. The molecule has 0 spiro atoms. The van der Waals surface area contributed by atoms with Gasteiger partial charge in [-0.2, -0.15) is 0 Å². The van der Waals surface area contributed by atoms with Crippen LogP contribution in [0, 0.1) is 3.57 Å². The van der Waals surface area contributed by atoms with Crippen LogP contribution in [0.2, 0.25) is 0 Å². The number of halogens is 1. The van der Waals surface area contributed by atoms with Gasteiger partial charge in [0, 0.05) is 18.9 Å². The highest BCUT2D eigenvalue weighted by atomic mass is 127. The zero-order chi connectivity index (χ0) is 14.7. The Labute approximate surface area is 128 Å². The number of aromatic carboxylic acids is 1. The lowest BCUT2D eigenvalue weighted by molar-refractivity contribution is 0.0696. The van der Waals surface area contributed by atoms with Crippen LogP contribution in [-0.4, -0.2) is 20.6 Å². The average molecular weight is 386 g/mol. The van der Waals surface area contributed by atoms with Crippen molar-refractivity contribution in [3.8, 4) is 11.6 Å². The first-order valence-corrected chi connectivity index (χ1v) is 6.87. The van der Waals surface area contributed by atoms with E-state index < -0.39 is 5.97 Å². The number of benzene rings is 1. The Morgan fingerprint density at radius 1 is 1.50 bits per heavy atom. The summed E-state index contributed by atoms with van der Waals surface area (Å²) >= 11 is 2.00. The van der Waals surface area contributed by atoms with Gasteiger partial charge < -0.3 is 14.4 Å². The van der Waals surface area contributed by atoms with Crippen molar-refractivity contribution in [2.45, 2.75) is 13.5 Å². The number of carbonyl (C=O) groups is 1. The van der Waals surface area contributed by atoms with E-state index in [4.69, 9.17) is 9.84 Å². The van der Waals surface area contributed by atoms with Crippen LogP contribution in [0.3, 0.4) is 0 Å². The van der Waals surface area contributed by atoms with Gasteiger partial charge in [0.15, 0.2) is 0 Å². The smallest absolute Gasteiger partial charge is 0.335 e. The summed E-state index contributed by atoms with van der Waals surface area (Å²) in [6.45, 7) is 2.34. The maximum atomic E-state index is 12.0. The zero-order valence-corrected chi connectivity index (χ0v) is 12.7. The number of hydrogen-bond acceptors (Lipinski definition) is 4. The molecule has 0 radical (unpaired) electrons. The molecule has 2 rings (SSSR count). The molecule has 7 heteroatoms. The highest BCUT2D eigenvalue weighted by Gasteiger charge is 2.12. The van der Waals surface area contributed by atoms with Crippen molar-refractivity contribution >= 4 is 28.6 Å². The van der Waals surface area contributed by atoms with Crippen molar-refractivity contribution in [2.24, 2.45) is 0 Å². The molecule has 0 bridgehead atoms. The number of hydrogen-bond donors (Lipinski definition) is 1. The van der Waals surface area contributed by atoms with Gasteiger partial charge >= 0.3 is 11.5 Å². The monoisotopic (exact) mass is 386 g/mol. The van der Waals surface area contributed by atoms with Gasteiger partial charge in [0.2, 0.25) is 0 Å². The van der Waals surface area contributed by atoms with Crippen molar-refractivity contribution in [1.29, 1.82) is 0 Å². The van der Waals surface area contributed by atoms with Gasteiger partial charge in [-0.25, -0.2) is 9.78 Å². The molecule has 104 valence electrons. The Kier molecular flexibility index (Phi) is 4.38. The molecule has 6 nitrogen and oxygen atoms in total. The molecular formula is C13H11IN2O4. The first kappa shape index (κ1) is 14.5. The lowest BCUT2D eigenvalue weighted by Gasteiger charge is -2.08. The molecule has 0 aliphatic carbocycles. The molecule has 2 aromatic rings. The molecule has 0 fully saturated rings. The van der Waals surface area contributed by atoms with Crippen molar-refractivity contribution in [3.05, 3.63) is 50.1 Å². The lowest BCUT2D eigenvalue weighted by Crippen LogP contribution is -2.20. The largest absolute Gasteiger partial charge is 0.478 e. The van der Waals surface area contributed by atoms with Crippen molar-refractivity contribution in [1.82, 2.24) is 9.55 Å². The summed E-state index contributed by atoms with van der Waals surface area (Å²) < 4.78 is 7.61. The van der Waals surface area contributed by atoms with Gasteiger partial charge in [-0.3, -0.25) is 4.79 Å². The van der Waals surface area contributed by atoms with E-state index in [0.29, 0.717) is 15.9 Å². The molecule has 0 saturated heterocycles. The zero-order valence-electron chi connectivity index (χ0n) is 10.5. The number of carboxylic acids is 1. The number of aryl methyl sites for hydroxylation is 1. The summed E-state index contributed by atoms with van der Waals surface area (Å²) in [5, 5.41) is 8.96. The van der Waals surface area contributed by atoms with E-state index >= 15 is 0 Å². The molecule has 0 aliphatic rings. The topological polar surface area (TPSA) is 81.4 Å². The third kappa shape index (κ3) is 2.98. The minimum atomic E-state index is -1.06. The minimum absolute atomic E-state index is 0.0743. The lowest BCUT2D eigenvalue weighted by atomic mass is 10.2. The summed E-state index contributed by atoms with van der Waals surface area (Å²) in [6.07, 6.45) is 3.03. The second-order valence-corrected chi connectivity index (χ2v) is 5.04. The molecule has 0 atom stereocenters. The predicted molar refractivity (Wildman–Crippen MR) is 80.4 cm³/mol. The van der Waals surface area contributed by atoms with E-state index in [1.807, 2.05) is 29.5 Å². The van der Waals surface area contributed by atoms with Crippen LogP contribution in [0.15, 0.2) is 35.4 Å². The van der Waals surface area contributed by atoms with E-state index in [1.54, 1.807) is 12.3 Å². The van der Waals surface area contributed by atoms with Crippen LogP contribution in [-0.2, 0) is 6.54 Å². The normalized spacial score (nSPS) is 10.3. The van der Waals surface area contributed by atoms with Crippen LogP contribution in [0.4, 0.5) is 0 Å². The van der Waals surface area contributed by atoms with Gasteiger partial charge in [0.25, 0.3) is 5.88 Å². The van der Waals surface area contributed by atoms with Crippen LogP contribution in [0.1, 0.15) is 17.3 Å². The van der Waals surface area contributed by atoms with Crippen molar-refractivity contribution in [3.63, 3.8) is 0 Å². The Bertz CT molecular complexity index is 712. The summed E-state index contributed by atoms with van der Waals surface area (Å²) in [4.78, 5) is 26.8. The number of carboxylic acid groups (broad SMARTS) is 1. The number of ether oxygens (including phenoxy) is 1. The highest BCUT2D eigenvalue weighted by Crippen LogP contribution is 2.25. The molecule has 0 aliphatic heterocycles. The average Bonchev–Trinajstić information content (AvgIpc) is 2.43. The van der Waals surface area contributed by atoms with Gasteiger partial charge in [0.1, 0.15) is 5.75 Å². The molecule has 1 aromatic carbocycles. The third-order valence-electron chi connectivity index (χ3n) is 2.61. The second kappa shape index (κ2) is 6.04. The number of nitrogens with zero attached hydrogens (tertiary/aromatic N) is 2. The fourth-order valence-electron chi connectivity index (χ4n) is 1.57. The predicted octanol–water partition coefficient (Wildman–Crippen LogP) is 2.36. The van der Waals surface area contributed by atoms with E-state index in [9.17, 15) is 9.59 Å². The summed E-state index contributed by atoms with van der Waals surface area (Å²) in [5.41, 5.74) is -0.265. The highest BCUT2D eigenvalue weighted by molar-refractivity contribution is 14.1. The minimum Gasteiger partial charge on any atom is -0.478 e. The van der Waals surface area contributed by atoms with Crippen LogP contribution < -0.4 is 10.3 Å². The fraction of sp³-hybridized carbons (Fsp3) is 0.154. The maximum Gasteiger partial charge on any atom is 0.335 e. The number of aromatic nitrogens is 2. The standard InChI is InChI=1S/C13H11IN2O4/c1-2-16-6-5-15-11(12(16)17)20-10-7-8(13(18)19)3-4-9(10)14/h3-7H,2H2,1H3,(H,18,19). The van der Waals surface area contributed by atoms with Crippen LogP contribution in [0.25, 0.3) is 0 Å². The van der Waals surface area contributed by atoms with Crippen molar-refractivity contribution in [2.75, 3.05) is 0 Å². The summed E-state index contributed by atoms with van der Waals surface area (Å²) in [6, 6.07) is 4.45. The Hall–Kier alpha value is -1.90. The van der Waals surface area contributed by atoms with Gasteiger partial charge in [-0.15, -0.1) is 0 Å². The Morgan fingerprint density at radius 3 is 2.90 bits per heavy atom. The van der Waals surface area contributed by atoms with Gasteiger partial charge in [-0.1, -0.05) is 0 Å². The molecule has 1 N–H and O–H groups in total.